The summed E-state index contributed by atoms with van der Waals surface area (Å²) in [5.74, 6) is 0.525. The summed E-state index contributed by atoms with van der Waals surface area (Å²) in [5, 5.41) is 10.5. The van der Waals surface area contributed by atoms with Crippen LogP contribution in [0.15, 0.2) is 10.8 Å². The fraction of sp³-hybridized carbons (Fsp3) is 0.250. The second-order valence-corrected chi connectivity index (χ2v) is 7.13. The van der Waals surface area contributed by atoms with Gasteiger partial charge in [0.2, 0.25) is 0 Å². The standard InChI is InChI=1S/C12H13N5S3/c1-6-15-8(4-18-6)3-14-12-10(11(13)17-20-12)9-5-19-7(2)16-9/h4-5,14H,3H2,1-2H3,(H2,13,17). The Kier molecular flexibility index (Phi) is 3.68. The topological polar surface area (TPSA) is 76.7 Å². The van der Waals surface area contributed by atoms with Crippen LogP contribution in [-0.4, -0.2) is 14.3 Å². The van der Waals surface area contributed by atoms with Gasteiger partial charge < -0.3 is 11.1 Å². The highest BCUT2D eigenvalue weighted by molar-refractivity contribution is 7.11. The highest BCUT2D eigenvalue weighted by Gasteiger charge is 2.16. The van der Waals surface area contributed by atoms with E-state index in [1.165, 1.54) is 11.5 Å². The summed E-state index contributed by atoms with van der Waals surface area (Å²) in [6.07, 6.45) is 0. The number of hydrogen-bond acceptors (Lipinski definition) is 8. The van der Waals surface area contributed by atoms with Crippen molar-refractivity contribution in [3.8, 4) is 11.3 Å². The number of nitrogens with zero attached hydrogens (tertiary/aromatic N) is 3. The predicted octanol–water partition coefficient (Wildman–Crippen LogP) is 3.53. The van der Waals surface area contributed by atoms with Crippen LogP contribution < -0.4 is 11.1 Å². The molecule has 3 N–H and O–H groups in total. The zero-order valence-corrected chi connectivity index (χ0v) is 13.5. The summed E-state index contributed by atoms with van der Waals surface area (Å²) in [4.78, 5) is 8.92. The Morgan fingerprint density at radius 2 is 1.90 bits per heavy atom. The molecule has 0 fully saturated rings. The molecule has 0 aliphatic rings. The van der Waals surface area contributed by atoms with Crippen LogP contribution >= 0.6 is 34.2 Å². The monoisotopic (exact) mass is 323 g/mol. The quantitative estimate of drug-likeness (QED) is 0.768. The zero-order chi connectivity index (χ0) is 14.1. The minimum Gasteiger partial charge on any atom is -0.382 e. The Balaban J connectivity index is 1.83. The molecule has 0 amide bonds. The van der Waals surface area contributed by atoms with Gasteiger partial charge in [-0.2, -0.15) is 4.37 Å². The van der Waals surface area contributed by atoms with Crippen molar-refractivity contribution in [3.63, 3.8) is 0 Å². The van der Waals surface area contributed by atoms with Gasteiger partial charge in [-0.05, 0) is 25.4 Å². The van der Waals surface area contributed by atoms with Gasteiger partial charge in [0, 0.05) is 10.8 Å². The molecule has 3 rings (SSSR count). The van der Waals surface area contributed by atoms with Crippen LogP contribution in [0.2, 0.25) is 0 Å². The lowest BCUT2D eigenvalue weighted by Gasteiger charge is -2.03. The van der Waals surface area contributed by atoms with E-state index >= 15 is 0 Å². The largest absolute Gasteiger partial charge is 0.382 e. The number of nitrogen functional groups attached to an aromatic ring is 1. The number of rotatable bonds is 4. The summed E-state index contributed by atoms with van der Waals surface area (Å²) >= 11 is 4.62. The zero-order valence-electron chi connectivity index (χ0n) is 11.0. The van der Waals surface area contributed by atoms with Crippen LogP contribution in [0, 0.1) is 13.8 Å². The lowest BCUT2D eigenvalue weighted by molar-refractivity contribution is 1.06. The third kappa shape index (κ3) is 2.67. The highest BCUT2D eigenvalue weighted by atomic mass is 32.1. The number of hydrogen-bond donors (Lipinski definition) is 2. The molecule has 8 heteroatoms. The summed E-state index contributed by atoms with van der Waals surface area (Å²) in [7, 11) is 0. The van der Waals surface area contributed by atoms with Crippen molar-refractivity contribution in [3.05, 3.63) is 26.5 Å². The van der Waals surface area contributed by atoms with Crippen molar-refractivity contribution in [2.45, 2.75) is 20.4 Å². The van der Waals surface area contributed by atoms with Gasteiger partial charge in [0.05, 0.1) is 33.5 Å². The molecule has 104 valence electrons. The maximum Gasteiger partial charge on any atom is 0.148 e. The van der Waals surface area contributed by atoms with E-state index in [4.69, 9.17) is 5.73 Å². The average molecular weight is 323 g/mol. The Morgan fingerprint density at radius 1 is 1.15 bits per heavy atom. The van der Waals surface area contributed by atoms with Gasteiger partial charge >= 0.3 is 0 Å². The normalized spacial score (nSPS) is 10.9. The first-order valence-corrected chi connectivity index (χ1v) is 8.49. The molecule has 0 radical (unpaired) electrons. The third-order valence-corrected chi connectivity index (χ3v) is 5.11. The minimum atomic E-state index is 0.525. The summed E-state index contributed by atoms with van der Waals surface area (Å²) in [6, 6.07) is 0. The van der Waals surface area contributed by atoms with Crippen LogP contribution in [0.1, 0.15) is 15.7 Å². The fourth-order valence-electron chi connectivity index (χ4n) is 1.81. The number of anilines is 2. The van der Waals surface area contributed by atoms with Crippen molar-refractivity contribution in [2.75, 3.05) is 11.1 Å². The first-order chi connectivity index (χ1) is 9.63. The molecule has 0 saturated carbocycles. The molecule has 0 aliphatic carbocycles. The maximum absolute atomic E-state index is 5.97. The SMILES string of the molecule is Cc1nc(CNc2snc(N)c2-c2csc(C)n2)cs1. The van der Waals surface area contributed by atoms with Crippen LogP contribution in [0.25, 0.3) is 11.3 Å². The lowest BCUT2D eigenvalue weighted by atomic mass is 10.2. The molecule has 0 unspecified atom stereocenters. The van der Waals surface area contributed by atoms with E-state index in [1.807, 2.05) is 19.2 Å². The summed E-state index contributed by atoms with van der Waals surface area (Å²) < 4.78 is 4.22. The van der Waals surface area contributed by atoms with E-state index in [0.29, 0.717) is 12.4 Å². The first-order valence-electron chi connectivity index (χ1n) is 5.96. The van der Waals surface area contributed by atoms with Gasteiger partial charge in [0.1, 0.15) is 10.8 Å². The molecule has 20 heavy (non-hydrogen) atoms. The number of nitrogens with one attached hydrogen (secondary N) is 1. The summed E-state index contributed by atoms with van der Waals surface area (Å²) in [6.45, 7) is 4.65. The molecule has 0 atom stereocenters. The van der Waals surface area contributed by atoms with E-state index in [1.54, 1.807) is 22.7 Å². The number of aromatic nitrogens is 3. The molecule has 3 aromatic heterocycles. The fourth-order valence-corrected chi connectivity index (χ4v) is 3.74. The van der Waals surface area contributed by atoms with E-state index < -0.39 is 0 Å². The molecule has 0 spiro atoms. The minimum absolute atomic E-state index is 0.525. The molecule has 0 aliphatic heterocycles. The van der Waals surface area contributed by atoms with Crippen molar-refractivity contribution < 1.29 is 0 Å². The second kappa shape index (κ2) is 5.47. The van der Waals surface area contributed by atoms with Crippen LogP contribution in [0.3, 0.4) is 0 Å². The Hall–Kier alpha value is -1.51. The van der Waals surface area contributed by atoms with Gasteiger partial charge in [0.15, 0.2) is 0 Å². The molecule has 0 bridgehead atoms. The first kappa shape index (κ1) is 13.5. The average Bonchev–Trinajstić information content (AvgIpc) is 3.09. The van der Waals surface area contributed by atoms with Gasteiger partial charge in [-0.25, -0.2) is 9.97 Å². The molecular formula is C12H13N5S3. The van der Waals surface area contributed by atoms with E-state index in [0.717, 1.165) is 32.0 Å². The van der Waals surface area contributed by atoms with E-state index in [2.05, 4.69) is 25.0 Å². The second-order valence-electron chi connectivity index (χ2n) is 4.24. The Bertz CT molecular complexity index is 727. The van der Waals surface area contributed by atoms with Gasteiger partial charge in [0.25, 0.3) is 0 Å². The molecule has 5 nitrogen and oxygen atoms in total. The predicted molar refractivity (Wildman–Crippen MR) is 86.5 cm³/mol. The smallest absolute Gasteiger partial charge is 0.148 e. The number of nitrogens with two attached hydrogens (primary N) is 1. The van der Waals surface area contributed by atoms with Crippen molar-refractivity contribution in [2.24, 2.45) is 0 Å². The van der Waals surface area contributed by atoms with Crippen LogP contribution in [-0.2, 0) is 6.54 Å². The van der Waals surface area contributed by atoms with Crippen molar-refractivity contribution in [1.82, 2.24) is 14.3 Å². The third-order valence-electron chi connectivity index (χ3n) is 2.69. The highest BCUT2D eigenvalue weighted by Crippen LogP contribution is 2.37. The van der Waals surface area contributed by atoms with Gasteiger partial charge in [-0.15, -0.1) is 22.7 Å². The van der Waals surface area contributed by atoms with Crippen LogP contribution in [0.5, 0.6) is 0 Å². The van der Waals surface area contributed by atoms with Gasteiger partial charge in [-0.3, -0.25) is 0 Å². The molecule has 3 heterocycles. The Labute approximate surface area is 128 Å². The number of aryl methyl sites for hydroxylation is 2. The lowest BCUT2D eigenvalue weighted by Crippen LogP contribution is -2.00. The molecule has 0 aromatic carbocycles. The van der Waals surface area contributed by atoms with Gasteiger partial charge in [-0.1, -0.05) is 0 Å². The van der Waals surface area contributed by atoms with Crippen molar-refractivity contribution in [1.29, 1.82) is 0 Å². The molecule has 0 saturated heterocycles. The summed E-state index contributed by atoms with van der Waals surface area (Å²) in [5.41, 5.74) is 8.77. The van der Waals surface area contributed by atoms with Crippen LogP contribution in [0.4, 0.5) is 10.8 Å². The maximum atomic E-state index is 5.97. The molecule has 3 aromatic rings. The molecular weight excluding hydrogens is 310 g/mol. The van der Waals surface area contributed by atoms with E-state index in [-0.39, 0.29) is 0 Å². The van der Waals surface area contributed by atoms with Crippen molar-refractivity contribution >= 4 is 45.0 Å². The van der Waals surface area contributed by atoms with E-state index in [9.17, 15) is 0 Å². The Morgan fingerprint density at radius 3 is 2.55 bits per heavy atom. The number of thiazole rings is 2.